The summed E-state index contributed by atoms with van der Waals surface area (Å²) in [5.41, 5.74) is 1.92. The van der Waals surface area contributed by atoms with Crippen molar-refractivity contribution in [1.82, 2.24) is 4.57 Å². The molecule has 0 spiro atoms. The molecule has 42 heavy (non-hydrogen) atoms. The van der Waals surface area contributed by atoms with Crippen LogP contribution in [0.4, 0.5) is 0 Å². The number of hydrogen-bond donors (Lipinski definition) is 0. The number of methoxy groups -OCH3 is 1. The van der Waals surface area contributed by atoms with Gasteiger partial charge in [-0.1, -0.05) is 83.8 Å². The highest BCUT2D eigenvalue weighted by atomic mass is 32.2. The Morgan fingerprint density at radius 3 is 2.52 bits per heavy atom. The van der Waals surface area contributed by atoms with Gasteiger partial charge in [0, 0.05) is 16.5 Å². The van der Waals surface area contributed by atoms with Crippen molar-refractivity contribution in [2.24, 2.45) is 4.99 Å². The summed E-state index contributed by atoms with van der Waals surface area (Å²) in [6.45, 7) is 1.94. The summed E-state index contributed by atoms with van der Waals surface area (Å²) >= 11 is 2.75. The highest BCUT2D eigenvalue weighted by molar-refractivity contribution is 7.99. The van der Waals surface area contributed by atoms with Gasteiger partial charge in [-0.05, 0) is 48.9 Å². The minimum absolute atomic E-state index is 0.182. The lowest BCUT2D eigenvalue weighted by atomic mass is 9.93. The number of hydrogen-bond acceptors (Lipinski definition) is 8. The maximum atomic E-state index is 14.1. The van der Waals surface area contributed by atoms with Gasteiger partial charge in [-0.2, -0.15) is 0 Å². The third kappa shape index (κ3) is 5.48. The zero-order valence-electron chi connectivity index (χ0n) is 22.9. The molecule has 0 amide bonds. The van der Waals surface area contributed by atoms with E-state index in [-0.39, 0.29) is 17.7 Å². The van der Waals surface area contributed by atoms with E-state index in [2.05, 4.69) is 0 Å². The summed E-state index contributed by atoms with van der Waals surface area (Å²) in [6, 6.07) is 29.7. The van der Waals surface area contributed by atoms with Crippen LogP contribution in [-0.4, -0.2) is 24.3 Å². The molecule has 210 valence electrons. The van der Waals surface area contributed by atoms with E-state index in [0.29, 0.717) is 37.2 Å². The number of thiazole rings is 1. The van der Waals surface area contributed by atoms with Gasteiger partial charge in [-0.15, -0.1) is 0 Å². The molecule has 0 fully saturated rings. The van der Waals surface area contributed by atoms with E-state index < -0.39 is 12.0 Å². The molecule has 7 nitrogen and oxygen atoms in total. The second-order valence-corrected chi connectivity index (χ2v) is 11.4. The number of rotatable bonds is 8. The Bertz CT molecular complexity index is 1960. The zero-order chi connectivity index (χ0) is 29.1. The molecule has 1 aliphatic rings. The lowest BCUT2D eigenvalue weighted by molar-refractivity contribution is -0.138. The Morgan fingerprint density at radius 2 is 1.79 bits per heavy atom. The molecule has 9 heteroatoms. The molecule has 5 aromatic rings. The molecule has 6 rings (SSSR count). The minimum Gasteiger partial charge on any atom is -0.497 e. The molecule has 0 saturated heterocycles. The SMILES string of the molecule is CCOC(=O)C1=C(c2ccccc2)N=c2s/c(=C/c3ccc(Sc4ccccc4)o3)c(=O)n2[C@H]1c1cccc(OC)c1. The monoisotopic (exact) mass is 594 g/mol. The van der Waals surface area contributed by atoms with Gasteiger partial charge in [0.1, 0.15) is 11.5 Å². The highest BCUT2D eigenvalue weighted by Crippen LogP contribution is 2.36. The fraction of sp³-hybridized carbons (Fsp3) is 0.121. The maximum absolute atomic E-state index is 14.1. The number of fused-ring (bicyclic) bond motifs is 1. The van der Waals surface area contributed by atoms with Gasteiger partial charge in [0.05, 0.1) is 35.6 Å². The molecule has 0 unspecified atom stereocenters. The number of carbonyl (C=O) groups excluding carboxylic acids is 1. The fourth-order valence-corrected chi connectivity index (χ4v) is 6.55. The van der Waals surface area contributed by atoms with Crippen molar-refractivity contribution in [3.63, 3.8) is 0 Å². The van der Waals surface area contributed by atoms with E-state index in [0.717, 1.165) is 10.5 Å². The molecule has 0 N–H and O–H groups in total. The molecule has 0 saturated carbocycles. The molecule has 0 bridgehead atoms. The average Bonchev–Trinajstić information content (AvgIpc) is 3.60. The summed E-state index contributed by atoms with van der Waals surface area (Å²) in [5.74, 6) is 0.621. The van der Waals surface area contributed by atoms with Crippen LogP contribution in [0.15, 0.2) is 127 Å². The van der Waals surface area contributed by atoms with Crippen molar-refractivity contribution in [2.75, 3.05) is 13.7 Å². The first-order valence-electron chi connectivity index (χ1n) is 13.3. The Morgan fingerprint density at radius 1 is 1.02 bits per heavy atom. The van der Waals surface area contributed by atoms with Crippen LogP contribution >= 0.6 is 23.1 Å². The van der Waals surface area contributed by atoms with E-state index in [1.54, 1.807) is 24.7 Å². The van der Waals surface area contributed by atoms with Crippen LogP contribution in [-0.2, 0) is 9.53 Å². The van der Waals surface area contributed by atoms with E-state index in [4.69, 9.17) is 18.9 Å². The second-order valence-electron chi connectivity index (χ2n) is 9.28. The third-order valence-electron chi connectivity index (χ3n) is 6.62. The van der Waals surface area contributed by atoms with Gasteiger partial charge in [0.15, 0.2) is 9.89 Å². The summed E-state index contributed by atoms with van der Waals surface area (Å²) in [6.07, 6.45) is 1.72. The lowest BCUT2D eigenvalue weighted by Gasteiger charge is -2.26. The van der Waals surface area contributed by atoms with E-state index in [1.807, 2.05) is 97.1 Å². The number of esters is 1. The van der Waals surface area contributed by atoms with Crippen LogP contribution < -0.4 is 19.6 Å². The minimum atomic E-state index is -0.784. The highest BCUT2D eigenvalue weighted by Gasteiger charge is 2.35. The first kappa shape index (κ1) is 27.6. The summed E-state index contributed by atoms with van der Waals surface area (Å²) in [4.78, 5) is 34.0. The molecule has 1 atom stereocenters. The first-order chi connectivity index (χ1) is 20.6. The predicted molar refractivity (Wildman–Crippen MR) is 163 cm³/mol. The number of benzene rings is 3. The van der Waals surface area contributed by atoms with Crippen LogP contribution in [0.25, 0.3) is 11.8 Å². The average molecular weight is 595 g/mol. The number of aromatic nitrogens is 1. The van der Waals surface area contributed by atoms with Crippen LogP contribution in [0, 0.1) is 0 Å². The Labute approximate surface area is 250 Å². The van der Waals surface area contributed by atoms with Gasteiger partial charge in [0.2, 0.25) is 0 Å². The summed E-state index contributed by atoms with van der Waals surface area (Å²) in [7, 11) is 1.58. The quantitative estimate of drug-likeness (QED) is 0.215. The molecule has 1 aliphatic heterocycles. The molecule has 3 aromatic carbocycles. The molecule has 2 aromatic heterocycles. The number of nitrogens with zero attached hydrogens (tertiary/aromatic N) is 2. The van der Waals surface area contributed by atoms with Crippen molar-refractivity contribution >= 4 is 40.8 Å². The van der Waals surface area contributed by atoms with E-state index in [1.165, 1.54) is 23.1 Å². The molecular formula is C33H26N2O5S2. The van der Waals surface area contributed by atoms with Crippen molar-refractivity contribution in [2.45, 2.75) is 23.0 Å². The van der Waals surface area contributed by atoms with Gasteiger partial charge in [-0.25, -0.2) is 9.79 Å². The molecule has 0 aliphatic carbocycles. The topological polar surface area (TPSA) is 83.0 Å². The normalized spacial score (nSPS) is 14.8. The van der Waals surface area contributed by atoms with E-state index >= 15 is 0 Å². The second kappa shape index (κ2) is 12.1. The number of ether oxygens (including phenoxy) is 2. The van der Waals surface area contributed by atoms with Gasteiger partial charge in [-0.3, -0.25) is 9.36 Å². The maximum Gasteiger partial charge on any atom is 0.338 e. The third-order valence-corrected chi connectivity index (χ3v) is 8.53. The fourth-order valence-electron chi connectivity index (χ4n) is 4.77. The number of furan rings is 1. The standard InChI is InChI=1S/C33H26N2O5S2/c1-3-39-32(37)28-29(21-11-6-4-7-12-21)34-33-35(30(28)22-13-10-14-23(19-22)38-2)31(36)26(42-33)20-24-17-18-27(40-24)41-25-15-8-5-9-16-25/h4-20,30H,3H2,1-2H3/b26-20+/t30-/m0/s1. The largest absolute Gasteiger partial charge is 0.497 e. The van der Waals surface area contributed by atoms with Crippen molar-refractivity contribution in [3.05, 3.63) is 139 Å². The van der Waals surface area contributed by atoms with Crippen LogP contribution in [0.1, 0.15) is 29.9 Å². The van der Waals surface area contributed by atoms with Crippen LogP contribution in [0.2, 0.25) is 0 Å². The van der Waals surface area contributed by atoms with Crippen LogP contribution in [0.5, 0.6) is 5.75 Å². The summed E-state index contributed by atoms with van der Waals surface area (Å²) < 4.78 is 19.0. The van der Waals surface area contributed by atoms with E-state index in [9.17, 15) is 9.59 Å². The Hall–Kier alpha value is -4.60. The molecular weight excluding hydrogens is 569 g/mol. The predicted octanol–water partition coefficient (Wildman–Crippen LogP) is 5.69. The summed E-state index contributed by atoms with van der Waals surface area (Å²) in [5, 5.41) is 0.713. The Balaban J connectivity index is 1.53. The van der Waals surface area contributed by atoms with Crippen molar-refractivity contribution < 1.29 is 18.7 Å². The van der Waals surface area contributed by atoms with Gasteiger partial charge in [0.25, 0.3) is 5.56 Å². The van der Waals surface area contributed by atoms with Crippen molar-refractivity contribution in [3.8, 4) is 5.75 Å². The molecule has 0 radical (unpaired) electrons. The van der Waals surface area contributed by atoms with Gasteiger partial charge < -0.3 is 13.9 Å². The zero-order valence-corrected chi connectivity index (χ0v) is 24.5. The smallest absolute Gasteiger partial charge is 0.338 e. The van der Waals surface area contributed by atoms with Gasteiger partial charge >= 0.3 is 5.97 Å². The van der Waals surface area contributed by atoms with Crippen molar-refractivity contribution in [1.29, 1.82) is 0 Å². The number of carbonyl (C=O) groups is 1. The molecule has 3 heterocycles. The Kier molecular flexibility index (Phi) is 7.94. The lowest BCUT2D eigenvalue weighted by Crippen LogP contribution is -2.40. The first-order valence-corrected chi connectivity index (χ1v) is 14.9. The van der Waals surface area contributed by atoms with Crippen LogP contribution in [0.3, 0.4) is 0 Å².